The molecule has 2 unspecified atom stereocenters. The molecule has 0 heterocycles. The quantitative estimate of drug-likeness (QED) is 0.748. The summed E-state index contributed by atoms with van der Waals surface area (Å²) in [5.41, 5.74) is 0. The van der Waals surface area contributed by atoms with E-state index in [1.54, 1.807) is 0 Å². The van der Waals surface area contributed by atoms with Gasteiger partial charge in [-0.3, -0.25) is 0 Å². The fourth-order valence-corrected chi connectivity index (χ4v) is 3.50. The van der Waals surface area contributed by atoms with E-state index in [-0.39, 0.29) is 0 Å². The van der Waals surface area contributed by atoms with Crippen LogP contribution in [0, 0.1) is 11.8 Å². The molecule has 0 bridgehead atoms. The lowest BCUT2D eigenvalue weighted by Crippen LogP contribution is -2.39. The van der Waals surface area contributed by atoms with Crippen LogP contribution in [0.15, 0.2) is 0 Å². The molecule has 106 valence electrons. The van der Waals surface area contributed by atoms with Crippen LogP contribution >= 0.6 is 0 Å². The smallest absolute Gasteiger partial charge is 0.0107 e. The topological polar surface area (TPSA) is 15.3 Å². The first kappa shape index (κ1) is 14.3. The molecule has 0 radical (unpaired) electrons. The van der Waals surface area contributed by atoms with Crippen molar-refractivity contribution in [3.8, 4) is 0 Å². The van der Waals surface area contributed by atoms with Crippen LogP contribution in [0.1, 0.15) is 58.8 Å². The van der Waals surface area contributed by atoms with E-state index in [0.717, 1.165) is 23.9 Å². The van der Waals surface area contributed by atoms with Gasteiger partial charge in [-0.2, -0.15) is 0 Å². The fraction of sp³-hybridized carbons (Fsp3) is 1.00. The lowest BCUT2D eigenvalue weighted by molar-refractivity contribution is 0.242. The summed E-state index contributed by atoms with van der Waals surface area (Å²) in [4.78, 5) is 2.53. The van der Waals surface area contributed by atoms with Crippen LogP contribution in [0.25, 0.3) is 0 Å². The zero-order chi connectivity index (χ0) is 13.0. The van der Waals surface area contributed by atoms with Crippen molar-refractivity contribution in [1.82, 2.24) is 10.2 Å². The molecule has 2 rings (SSSR count). The van der Waals surface area contributed by atoms with Crippen molar-refractivity contribution in [2.24, 2.45) is 11.8 Å². The average molecular weight is 252 g/mol. The number of nitrogens with one attached hydrogen (secondary N) is 1. The third kappa shape index (κ3) is 4.89. The maximum atomic E-state index is 3.80. The summed E-state index contributed by atoms with van der Waals surface area (Å²) in [5, 5.41) is 3.80. The number of likely N-dealkylation sites (N-methyl/N-ethyl adjacent to an activating group) is 1. The van der Waals surface area contributed by atoms with E-state index in [4.69, 9.17) is 0 Å². The van der Waals surface area contributed by atoms with Gasteiger partial charge in [0.05, 0.1) is 0 Å². The zero-order valence-corrected chi connectivity index (χ0v) is 12.6. The van der Waals surface area contributed by atoms with E-state index in [9.17, 15) is 0 Å². The first-order chi connectivity index (χ1) is 8.65. The van der Waals surface area contributed by atoms with Crippen molar-refractivity contribution in [3.63, 3.8) is 0 Å². The highest BCUT2D eigenvalue weighted by atomic mass is 15.2. The molecular weight excluding hydrogens is 220 g/mol. The van der Waals surface area contributed by atoms with Gasteiger partial charge in [-0.15, -0.1) is 0 Å². The lowest BCUT2D eigenvalue weighted by atomic mass is 9.81. The highest BCUT2D eigenvalue weighted by molar-refractivity contribution is 4.83. The van der Waals surface area contributed by atoms with Gasteiger partial charge in [0, 0.05) is 25.2 Å². The first-order valence-corrected chi connectivity index (χ1v) is 8.08. The van der Waals surface area contributed by atoms with Crippen LogP contribution in [-0.4, -0.2) is 37.1 Å². The second-order valence-corrected chi connectivity index (χ2v) is 7.03. The van der Waals surface area contributed by atoms with Crippen LogP contribution in [0.3, 0.4) is 0 Å². The molecule has 1 N–H and O–H groups in total. The summed E-state index contributed by atoms with van der Waals surface area (Å²) >= 11 is 0. The van der Waals surface area contributed by atoms with Gasteiger partial charge in [-0.05, 0) is 51.0 Å². The minimum atomic E-state index is 0.801. The minimum Gasteiger partial charge on any atom is -0.313 e. The maximum absolute atomic E-state index is 3.80. The molecule has 0 saturated heterocycles. The number of rotatable bonds is 7. The molecule has 2 saturated carbocycles. The molecule has 0 spiro atoms. The van der Waals surface area contributed by atoms with E-state index < -0.39 is 0 Å². The zero-order valence-electron chi connectivity index (χ0n) is 12.6. The Hall–Kier alpha value is -0.0800. The second kappa shape index (κ2) is 6.91. The predicted molar refractivity (Wildman–Crippen MR) is 78.9 cm³/mol. The molecule has 2 nitrogen and oxygen atoms in total. The molecule has 2 fully saturated rings. The van der Waals surface area contributed by atoms with Gasteiger partial charge in [-0.25, -0.2) is 0 Å². The fourth-order valence-electron chi connectivity index (χ4n) is 3.50. The van der Waals surface area contributed by atoms with Crippen LogP contribution in [-0.2, 0) is 0 Å². The third-order valence-electron chi connectivity index (χ3n) is 4.66. The SMILES string of the molecule is CC(C)CC1CCCC(NCCN(C)C2CC2)C1. The first-order valence-electron chi connectivity index (χ1n) is 8.08. The Balaban J connectivity index is 1.59. The summed E-state index contributed by atoms with van der Waals surface area (Å²) in [5.74, 6) is 1.85. The van der Waals surface area contributed by atoms with Gasteiger partial charge in [-0.1, -0.05) is 26.7 Å². The monoisotopic (exact) mass is 252 g/mol. The molecular formula is C16H32N2. The van der Waals surface area contributed by atoms with Crippen molar-refractivity contribution in [3.05, 3.63) is 0 Å². The summed E-state index contributed by atoms with van der Waals surface area (Å²) in [6.45, 7) is 7.14. The van der Waals surface area contributed by atoms with Crippen LogP contribution in [0.4, 0.5) is 0 Å². The van der Waals surface area contributed by atoms with Gasteiger partial charge >= 0.3 is 0 Å². The molecule has 2 aliphatic rings. The Labute approximate surface area is 114 Å². The van der Waals surface area contributed by atoms with E-state index in [2.05, 4.69) is 31.1 Å². The summed E-state index contributed by atoms with van der Waals surface area (Å²) < 4.78 is 0. The molecule has 0 aromatic carbocycles. The highest BCUT2D eigenvalue weighted by Crippen LogP contribution is 2.29. The molecule has 18 heavy (non-hydrogen) atoms. The van der Waals surface area contributed by atoms with Crippen molar-refractivity contribution in [2.45, 2.75) is 70.9 Å². The predicted octanol–water partition coefficient (Wildman–Crippen LogP) is 3.28. The van der Waals surface area contributed by atoms with E-state index in [0.29, 0.717) is 0 Å². The van der Waals surface area contributed by atoms with Gasteiger partial charge < -0.3 is 10.2 Å². The Bertz CT molecular complexity index is 235. The normalized spacial score (nSPS) is 29.2. The number of hydrogen-bond donors (Lipinski definition) is 1. The van der Waals surface area contributed by atoms with Gasteiger partial charge in [0.25, 0.3) is 0 Å². The molecule has 2 heteroatoms. The highest BCUT2D eigenvalue weighted by Gasteiger charge is 2.26. The van der Waals surface area contributed by atoms with Crippen molar-refractivity contribution < 1.29 is 0 Å². The van der Waals surface area contributed by atoms with E-state index in [1.807, 2.05) is 0 Å². The summed E-state index contributed by atoms with van der Waals surface area (Å²) in [6.07, 6.45) is 10.0. The Morgan fingerprint density at radius 3 is 2.61 bits per heavy atom. The van der Waals surface area contributed by atoms with Crippen LogP contribution < -0.4 is 5.32 Å². The lowest BCUT2D eigenvalue weighted by Gasteiger charge is -2.31. The third-order valence-corrected chi connectivity index (χ3v) is 4.66. The van der Waals surface area contributed by atoms with Crippen LogP contribution in [0.5, 0.6) is 0 Å². The van der Waals surface area contributed by atoms with Crippen molar-refractivity contribution in [1.29, 1.82) is 0 Å². The molecule has 2 atom stereocenters. The van der Waals surface area contributed by atoms with E-state index >= 15 is 0 Å². The largest absolute Gasteiger partial charge is 0.313 e. The molecule has 0 amide bonds. The summed E-state index contributed by atoms with van der Waals surface area (Å²) in [7, 11) is 2.28. The van der Waals surface area contributed by atoms with Crippen molar-refractivity contribution >= 4 is 0 Å². The standard InChI is InChI=1S/C16H32N2/c1-13(2)11-14-5-4-6-15(12-14)17-9-10-18(3)16-7-8-16/h13-17H,4-12H2,1-3H3. The maximum Gasteiger partial charge on any atom is 0.0107 e. The van der Waals surface area contributed by atoms with Crippen molar-refractivity contribution in [2.75, 3.05) is 20.1 Å². The second-order valence-electron chi connectivity index (χ2n) is 7.03. The number of hydrogen-bond acceptors (Lipinski definition) is 2. The Morgan fingerprint density at radius 2 is 1.94 bits per heavy atom. The molecule has 0 aliphatic heterocycles. The van der Waals surface area contributed by atoms with Gasteiger partial charge in [0.2, 0.25) is 0 Å². The molecule has 0 aromatic rings. The molecule has 2 aliphatic carbocycles. The Morgan fingerprint density at radius 1 is 1.17 bits per heavy atom. The average Bonchev–Trinajstić information content (AvgIpc) is 3.12. The minimum absolute atomic E-state index is 0.801. The van der Waals surface area contributed by atoms with Gasteiger partial charge in [0.15, 0.2) is 0 Å². The molecule has 0 aromatic heterocycles. The van der Waals surface area contributed by atoms with Crippen LogP contribution in [0.2, 0.25) is 0 Å². The van der Waals surface area contributed by atoms with Gasteiger partial charge in [0.1, 0.15) is 0 Å². The Kier molecular flexibility index (Phi) is 5.50. The summed E-state index contributed by atoms with van der Waals surface area (Å²) in [6, 6.07) is 1.71. The number of nitrogens with zero attached hydrogens (tertiary/aromatic N) is 1. The van der Waals surface area contributed by atoms with E-state index in [1.165, 1.54) is 58.0 Å².